The SMILES string of the molecule is CO[C@]1(C)C[C@H](OC2[C@@H](C)C(=O)O[C@H](CCNC(=O)Cc3ccccc3)[C@@](C)(O)[C@H](O)[C@@H](C)C(=O)[C@H](C)C[C@@](C)(O)[C@H](O[C@@H]3O[C@H](C)C[C@H](N(C)C)[C@H]3O)[C@H]2C)O[C@@H](C)[C@@H]1O. The number of hydrogen-bond acceptors (Lipinski definition) is 15. The molecule has 3 saturated heterocycles. The van der Waals surface area contributed by atoms with Crippen molar-refractivity contribution >= 4 is 17.7 Å². The highest BCUT2D eigenvalue weighted by molar-refractivity contribution is 5.83. The molecule has 0 bridgehead atoms. The van der Waals surface area contributed by atoms with E-state index in [1.807, 2.05) is 56.3 Å². The first kappa shape index (κ1) is 51.0. The number of nitrogens with one attached hydrogen (secondary N) is 1. The average molecular weight is 867 g/mol. The molecule has 0 aliphatic carbocycles. The maximum Gasteiger partial charge on any atom is 0.311 e. The van der Waals surface area contributed by atoms with Crippen molar-refractivity contribution < 1.29 is 68.3 Å². The fourth-order valence-electron chi connectivity index (χ4n) is 9.45. The van der Waals surface area contributed by atoms with Crippen LogP contribution >= 0.6 is 0 Å². The van der Waals surface area contributed by atoms with Gasteiger partial charge in [0.15, 0.2) is 12.6 Å². The summed E-state index contributed by atoms with van der Waals surface area (Å²) >= 11 is 0. The normalized spacial score (nSPS) is 43.3. The molecule has 0 aromatic heterocycles. The molecule has 0 saturated carbocycles. The van der Waals surface area contributed by atoms with Gasteiger partial charge in [0.2, 0.25) is 5.91 Å². The Morgan fingerprint density at radius 1 is 0.902 bits per heavy atom. The highest BCUT2D eigenvalue weighted by atomic mass is 16.7. The monoisotopic (exact) mass is 867 g/mol. The molecule has 1 aromatic rings. The van der Waals surface area contributed by atoms with Crippen molar-refractivity contribution in [3.8, 4) is 0 Å². The van der Waals surface area contributed by atoms with Gasteiger partial charge in [0.05, 0.1) is 54.1 Å². The molecule has 3 aliphatic rings. The molecule has 0 spiro atoms. The number of Topliss-reactive ketones (excluding diaryl/α,β-unsaturated/α-hetero) is 1. The number of carbonyl (C=O) groups is 3. The molecule has 61 heavy (non-hydrogen) atoms. The third-order valence-electron chi connectivity index (χ3n) is 13.4. The number of methoxy groups -OCH3 is 1. The summed E-state index contributed by atoms with van der Waals surface area (Å²) in [5, 5.41) is 61.7. The Kier molecular flexibility index (Phi) is 17.5. The van der Waals surface area contributed by atoms with Crippen LogP contribution in [0.1, 0.15) is 93.6 Å². The lowest BCUT2D eigenvalue weighted by atomic mass is 9.74. The molecule has 3 heterocycles. The second-order valence-corrected chi connectivity index (χ2v) is 18.9. The molecule has 3 fully saturated rings. The predicted molar refractivity (Wildman–Crippen MR) is 224 cm³/mol. The van der Waals surface area contributed by atoms with Crippen LogP contribution in [0.4, 0.5) is 0 Å². The van der Waals surface area contributed by atoms with E-state index in [0.717, 1.165) is 5.56 Å². The Balaban J connectivity index is 1.78. The fourth-order valence-corrected chi connectivity index (χ4v) is 9.45. The first-order valence-electron chi connectivity index (χ1n) is 21.7. The Bertz CT molecular complexity index is 1600. The number of likely N-dealkylation sites (N-methyl/N-ethyl adjacent to an activating group) is 1. The number of benzene rings is 1. The van der Waals surface area contributed by atoms with E-state index >= 15 is 0 Å². The van der Waals surface area contributed by atoms with Gasteiger partial charge in [0.1, 0.15) is 29.7 Å². The molecule has 1 amide bonds. The largest absolute Gasteiger partial charge is 0.459 e. The van der Waals surface area contributed by atoms with Crippen LogP contribution in [0.25, 0.3) is 0 Å². The van der Waals surface area contributed by atoms with Crippen LogP contribution in [0.15, 0.2) is 30.3 Å². The van der Waals surface area contributed by atoms with Gasteiger partial charge in [-0.15, -0.1) is 0 Å². The van der Waals surface area contributed by atoms with Crippen molar-refractivity contribution in [1.82, 2.24) is 10.2 Å². The Morgan fingerprint density at radius 2 is 1.54 bits per heavy atom. The number of carbonyl (C=O) groups excluding carboxylic acids is 3. The summed E-state index contributed by atoms with van der Waals surface area (Å²) in [6.07, 6.45) is -10.8. The van der Waals surface area contributed by atoms with Crippen LogP contribution in [0, 0.1) is 23.7 Å². The smallest absolute Gasteiger partial charge is 0.311 e. The molecule has 16 heteroatoms. The standard InChI is InChI=1S/C45H74N2O14/c1-24-22-43(7,54)40(61-42-36(50)31(47(10)11)20-25(2)57-42)27(4)37(60-34-23-44(8,56-12)39(52)29(6)58-34)28(5)41(53)59-32(45(9,55)38(51)26(3)35(24)49)18-19-46-33(48)21-30-16-14-13-15-17-30/h13-17,24-29,31-32,34,36-40,42,50-52,54-55H,18-23H2,1-12H3,(H,46,48)/t24-,25-,26+,27+,28-,29+,31+,32-,34+,36-,37?,38-,39+,40-,42+,43-,44-,45-/m1/s1. The van der Waals surface area contributed by atoms with Crippen molar-refractivity contribution in [2.75, 3.05) is 27.7 Å². The lowest BCUT2D eigenvalue weighted by Crippen LogP contribution is -2.61. The highest BCUT2D eigenvalue weighted by Gasteiger charge is 2.53. The van der Waals surface area contributed by atoms with Crippen LogP contribution in [0.5, 0.6) is 0 Å². The molecule has 3 aliphatic heterocycles. The molecule has 4 rings (SSSR count). The van der Waals surface area contributed by atoms with Crippen LogP contribution in [-0.2, 0) is 49.2 Å². The maximum absolute atomic E-state index is 14.6. The van der Waals surface area contributed by atoms with Crippen molar-refractivity contribution in [3.05, 3.63) is 35.9 Å². The second kappa shape index (κ2) is 20.9. The van der Waals surface area contributed by atoms with E-state index < -0.39 is 108 Å². The number of esters is 1. The zero-order valence-electron chi connectivity index (χ0n) is 38.1. The second-order valence-electron chi connectivity index (χ2n) is 18.9. The summed E-state index contributed by atoms with van der Waals surface area (Å²) in [5.41, 5.74) is -4.36. The van der Waals surface area contributed by atoms with Crippen molar-refractivity contribution in [3.63, 3.8) is 0 Å². The highest BCUT2D eigenvalue weighted by Crippen LogP contribution is 2.41. The first-order valence-corrected chi connectivity index (χ1v) is 21.7. The number of amides is 1. The fraction of sp³-hybridized carbons (Fsp3) is 0.800. The molecule has 348 valence electrons. The summed E-state index contributed by atoms with van der Waals surface area (Å²) in [6.45, 7) is 14.3. The van der Waals surface area contributed by atoms with E-state index in [1.165, 1.54) is 27.9 Å². The summed E-state index contributed by atoms with van der Waals surface area (Å²) in [5.74, 6) is -5.83. The number of ketones is 1. The van der Waals surface area contributed by atoms with Gasteiger partial charge in [0.25, 0.3) is 0 Å². The summed E-state index contributed by atoms with van der Waals surface area (Å²) in [7, 11) is 5.14. The molecule has 16 nitrogen and oxygen atoms in total. The van der Waals surface area contributed by atoms with Gasteiger partial charge in [-0.25, -0.2) is 0 Å². The average Bonchev–Trinajstić information content (AvgIpc) is 3.19. The van der Waals surface area contributed by atoms with E-state index in [9.17, 15) is 39.9 Å². The number of hydrogen-bond donors (Lipinski definition) is 6. The molecular weight excluding hydrogens is 792 g/mol. The van der Waals surface area contributed by atoms with Crippen LogP contribution in [0.2, 0.25) is 0 Å². The number of nitrogens with zero attached hydrogens (tertiary/aromatic N) is 1. The molecule has 0 radical (unpaired) electrons. The van der Waals surface area contributed by atoms with E-state index in [-0.39, 0.29) is 50.3 Å². The number of aliphatic hydroxyl groups is 5. The third-order valence-corrected chi connectivity index (χ3v) is 13.4. The quantitative estimate of drug-likeness (QED) is 0.176. The number of ether oxygens (including phenoxy) is 6. The molecule has 1 unspecified atom stereocenters. The molecule has 18 atom stereocenters. The minimum Gasteiger partial charge on any atom is -0.459 e. The lowest BCUT2D eigenvalue weighted by Gasteiger charge is -2.49. The summed E-state index contributed by atoms with van der Waals surface area (Å²) in [4.78, 5) is 43.5. The Labute approximate surface area is 361 Å². The van der Waals surface area contributed by atoms with Gasteiger partial charge in [-0.2, -0.15) is 0 Å². The van der Waals surface area contributed by atoms with Crippen molar-refractivity contribution in [1.29, 1.82) is 0 Å². The van der Waals surface area contributed by atoms with Crippen LogP contribution < -0.4 is 5.32 Å². The Morgan fingerprint density at radius 3 is 2.15 bits per heavy atom. The molecule has 1 aromatic carbocycles. The van der Waals surface area contributed by atoms with Gasteiger partial charge >= 0.3 is 5.97 Å². The Hall–Kier alpha value is -2.61. The third kappa shape index (κ3) is 12.1. The lowest BCUT2D eigenvalue weighted by molar-refractivity contribution is -0.318. The minimum absolute atomic E-state index is 0.0451. The van der Waals surface area contributed by atoms with Crippen LogP contribution in [0.3, 0.4) is 0 Å². The van der Waals surface area contributed by atoms with E-state index in [1.54, 1.807) is 34.6 Å². The number of aliphatic hydroxyl groups excluding tert-OH is 3. The van der Waals surface area contributed by atoms with Gasteiger partial charge in [-0.05, 0) is 74.0 Å². The predicted octanol–water partition coefficient (Wildman–Crippen LogP) is 2.12. The van der Waals surface area contributed by atoms with Gasteiger partial charge < -0.3 is 64.2 Å². The van der Waals surface area contributed by atoms with Crippen molar-refractivity contribution in [2.24, 2.45) is 23.7 Å². The number of rotatable bonds is 11. The van der Waals surface area contributed by atoms with E-state index in [2.05, 4.69) is 5.32 Å². The zero-order chi connectivity index (χ0) is 45.8. The molecule has 6 N–H and O–H groups in total. The first-order chi connectivity index (χ1) is 28.3. The summed E-state index contributed by atoms with van der Waals surface area (Å²) in [6, 6.07) is 8.76. The van der Waals surface area contributed by atoms with Gasteiger partial charge in [0, 0.05) is 50.3 Å². The topological polar surface area (TPSA) is 223 Å². The molecular formula is C45H74N2O14. The zero-order valence-corrected chi connectivity index (χ0v) is 38.1. The van der Waals surface area contributed by atoms with E-state index in [0.29, 0.717) is 6.42 Å². The van der Waals surface area contributed by atoms with Crippen molar-refractivity contribution in [2.45, 2.75) is 179 Å². The summed E-state index contributed by atoms with van der Waals surface area (Å²) < 4.78 is 37.5. The van der Waals surface area contributed by atoms with Gasteiger partial charge in [-0.1, -0.05) is 51.1 Å². The van der Waals surface area contributed by atoms with Gasteiger partial charge in [-0.3, -0.25) is 14.4 Å². The maximum atomic E-state index is 14.6. The van der Waals surface area contributed by atoms with E-state index in [4.69, 9.17) is 28.4 Å². The number of cyclic esters (lactones) is 1. The van der Waals surface area contributed by atoms with Crippen LogP contribution in [-0.4, -0.2) is 160 Å². The minimum atomic E-state index is -2.19.